The highest BCUT2D eigenvalue weighted by molar-refractivity contribution is 5.59. The van der Waals surface area contributed by atoms with Crippen molar-refractivity contribution >= 4 is 0 Å². The van der Waals surface area contributed by atoms with Gasteiger partial charge in [-0.1, -0.05) is 42.5 Å². The predicted octanol–water partition coefficient (Wildman–Crippen LogP) is 3.40. The van der Waals surface area contributed by atoms with Crippen molar-refractivity contribution in [2.45, 2.75) is 19.9 Å². The largest absolute Gasteiger partial charge is 0.419 e. The van der Waals surface area contributed by atoms with E-state index in [9.17, 15) is 0 Å². The van der Waals surface area contributed by atoms with E-state index in [1.165, 1.54) is 5.56 Å². The predicted molar refractivity (Wildman–Crippen MR) is 81.7 cm³/mol. The van der Waals surface area contributed by atoms with Gasteiger partial charge in [-0.05, 0) is 36.6 Å². The van der Waals surface area contributed by atoms with Crippen LogP contribution in [0.25, 0.3) is 11.5 Å². The van der Waals surface area contributed by atoms with Crippen LogP contribution in [0.15, 0.2) is 52.9 Å². The second-order valence-corrected chi connectivity index (χ2v) is 5.08. The van der Waals surface area contributed by atoms with Gasteiger partial charge < -0.3 is 10.2 Å². The first-order chi connectivity index (χ1) is 10.2. The molecule has 0 aliphatic heterocycles. The molecule has 2 aromatic carbocycles. The molecular weight excluding hydrogens is 262 g/mol. The number of hydrogen-bond acceptors (Lipinski definition) is 4. The minimum atomic E-state index is -0.405. The highest BCUT2D eigenvalue weighted by Gasteiger charge is 2.18. The minimum Gasteiger partial charge on any atom is -0.419 e. The van der Waals surface area contributed by atoms with Gasteiger partial charge in [0, 0.05) is 5.56 Å². The number of aryl methyl sites for hydroxylation is 1. The number of benzene rings is 2. The molecule has 1 heterocycles. The molecule has 3 rings (SSSR count). The summed E-state index contributed by atoms with van der Waals surface area (Å²) in [5.74, 6) is 0.940. The maximum atomic E-state index is 6.18. The van der Waals surface area contributed by atoms with Gasteiger partial charge in [0.25, 0.3) is 0 Å². The van der Waals surface area contributed by atoms with Crippen molar-refractivity contribution in [3.63, 3.8) is 0 Å². The molecule has 0 amide bonds. The van der Waals surface area contributed by atoms with Gasteiger partial charge in [-0.15, -0.1) is 10.2 Å². The summed E-state index contributed by atoms with van der Waals surface area (Å²) in [7, 11) is 0. The number of aromatic nitrogens is 2. The first-order valence-electron chi connectivity index (χ1n) is 6.87. The fourth-order valence-electron chi connectivity index (χ4n) is 2.25. The van der Waals surface area contributed by atoms with E-state index in [0.717, 1.165) is 16.7 Å². The zero-order chi connectivity index (χ0) is 14.8. The van der Waals surface area contributed by atoms with E-state index >= 15 is 0 Å². The summed E-state index contributed by atoms with van der Waals surface area (Å²) in [5, 5.41) is 8.24. The van der Waals surface area contributed by atoms with Gasteiger partial charge in [0.05, 0.1) is 0 Å². The Labute approximate surface area is 123 Å². The first-order valence-corrected chi connectivity index (χ1v) is 6.87. The fourth-order valence-corrected chi connectivity index (χ4v) is 2.25. The molecule has 1 aromatic heterocycles. The highest BCUT2D eigenvalue weighted by Crippen LogP contribution is 2.26. The van der Waals surface area contributed by atoms with Crippen LogP contribution in [0.1, 0.15) is 28.6 Å². The van der Waals surface area contributed by atoms with Crippen LogP contribution in [0.4, 0.5) is 0 Å². The van der Waals surface area contributed by atoms with Gasteiger partial charge in [0.1, 0.15) is 6.04 Å². The molecule has 0 spiro atoms. The zero-order valence-electron chi connectivity index (χ0n) is 12.1. The first kappa shape index (κ1) is 13.5. The number of nitrogens with two attached hydrogens (primary N) is 1. The van der Waals surface area contributed by atoms with Gasteiger partial charge in [0.2, 0.25) is 11.8 Å². The molecule has 1 atom stereocenters. The van der Waals surface area contributed by atoms with E-state index in [4.69, 9.17) is 10.2 Å². The van der Waals surface area contributed by atoms with Crippen LogP contribution < -0.4 is 5.73 Å². The number of hydrogen-bond donors (Lipinski definition) is 1. The Kier molecular flexibility index (Phi) is 3.54. The Hall–Kier alpha value is -2.46. The summed E-state index contributed by atoms with van der Waals surface area (Å²) in [6, 6.07) is 15.4. The van der Waals surface area contributed by atoms with Gasteiger partial charge in [-0.25, -0.2) is 0 Å². The Bertz CT molecular complexity index is 750. The Morgan fingerprint density at radius 1 is 0.952 bits per heavy atom. The van der Waals surface area contributed by atoms with Crippen molar-refractivity contribution in [1.29, 1.82) is 0 Å². The highest BCUT2D eigenvalue weighted by atomic mass is 16.4. The van der Waals surface area contributed by atoms with Gasteiger partial charge in [0.15, 0.2) is 0 Å². The lowest BCUT2D eigenvalue weighted by atomic mass is 10.0. The molecule has 0 saturated carbocycles. The smallest absolute Gasteiger partial charge is 0.248 e. The van der Waals surface area contributed by atoms with E-state index in [2.05, 4.69) is 23.2 Å². The third-order valence-electron chi connectivity index (χ3n) is 3.70. The van der Waals surface area contributed by atoms with Crippen molar-refractivity contribution in [3.05, 3.63) is 71.1 Å². The minimum absolute atomic E-state index is 0.405. The summed E-state index contributed by atoms with van der Waals surface area (Å²) in [4.78, 5) is 0. The lowest BCUT2D eigenvalue weighted by Gasteiger charge is -2.07. The van der Waals surface area contributed by atoms with Gasteiger partial charge in [-0.2, -0.15) is 0 Å². The van der Waals surface area contributed by atoms with Crippen LogP contribution in [-0.4, -0.2) is 10.2 Å². The van der Waals surface area contributed by atoms with E-state index in [-0.39, 0.29) is 0 Å². The Morgan fingerprint density at radius 2 is 1.71 bits per heavy atom. The van der Waals surface area contributed by atoms with Crippen LogP contribution in [-0.2, 0) is 0 Å². The monoisotopic (exact) mass is 279 g/mol. The van der Waals surface area contributed by atoms with Crippen molar-refractivity contribution in [2.24, 2.45) is 5.73 Å². The average Bonchev–Trinajstić information content (AvgIpc) is 3.00. The molecule has 0 aliphatic rings. The molecule has 0 saturated heterocycles. The standard InChI is InChI=1S/C17H17N3O/c1-11-7-6-10-14(12(11)2)16-19-20-17(21-16)15(18)13-8-4-3-5-9-13/h3-10,15H,18H2,1-2H3. The lowest BCUT2D eigenvalue weighted by Crippen LogP contribution is -2.11. The summed E-state index contributed by atoms with van der Waals surface area (Å²) < 4.78 is 5.77. The molecule has 1 unspecified atom stereocenters. The van der Waals surface area contributed by atoms with Gasteiger partial charge >= 0.3 is 0 Å². The van der Waals surface area contributed by atoms with Crippen LogP contribution in [0.3, 0.4) is 0 Å². The molecule has 0 fully saturated rings. The number of rotatable bonds is 3. The molecule has 2 N–H and O–H groups in total. The maximum Gasteiger partial charge on any atom is 0.248 e. The van der Waals surface area contributed by atoms with Crippen molar-refractivity contribution < 1.29 is 4.42 Å². The van der Waals surface area contributed by atoms with Crippen LogP contribution in [0.2, 0.25) is 0 Å². The normalized spacial score (nSPS) is 12.3. The molecule has 0 radical (unpaired) electrons. The second kappa shape index (κ2) is 5.50. The van der Waals surface area contributed by atoms with E-state index < -0.39 is 6.04 Å². The fraction of sp³-hybridized carbons (Fsp3) is 0.176. The molecule has 106 valence electrons. The van der Waals surface area contributed by atoms with Crippen LogP contribution in [0, 0.1) is 13.8 Å². The summed E-state index contributed by atoms with van der Waals surface area (Å²) in [6.07, 6.45) is 0. The van der Waals surface area contributed by atoms with Crippen LogP contribution >= 0.6 is 0 Å². The zero-order valence-corrected chi connectivity index (χ0v) is 12.1. The summed E-state index contributed by atoms with van der Waals surface area (Å²) in [5.41, 5.74) is 10.4. The maximum absolute atomic E-state index is 6.18. The topological polar surface area (TPSA) is 64.9 Å². The van der Waals surface area contributed by atoms with Crippen molar-refractivity contribution in [2.75, 3.05) is 0 Å². The molecule has 21 heavy (non-hydrogen) atoms. The SMILES string of the molecule is Cc1cccc(-c2nnc(C(N)c3ccccc3)o2)c1C. The van der Waals surface area contributed by atoms with E-state index in [1.807, 2.05) is 49.4 Å². The van der Waals surface area contributed by atoms with E-state index in [0.29, 0.717) is 11.8 Å². The Balaban J connectivity index is 1.95. The Morgan fingerprint density at radius 3 is 2.48 bits per heavy atom. The van der Waals surface area contributed by atoms with Crippen molar-refractivity contribution in [3.8, 4) is 11.5 Å². The average molecular weight is 279 g/mol. The molecule has 4 nitrogen and oxygen atoms in total. The molecular formula is C17H17N3O. The second-order valence-electron chi connectivity index (χ2n) is 5.08. The van der Waals surface area contributed by atoms with E-state index in [1.54, 1.807) is 0 Å². The third-order valence-corrected chi connectivity index (χ3v) is 3.70. The van der Waals surface area contributed by atoms with Gasteiger partial charge in [-0.3, -0.25) is 0 Å². The van der Waals surface area contributed by atoms with Crippen LogP contribution in [0.5, 0.6) is 0 Å². The molecule has 0 bridgehead atoms. The third kappa shape index (κ3) is 2.58. The summed E-state index contributed by atoms with van der Waals surface area (Å²) >= 11 is 0. The van der Waals surface area contributed by atoms with Crippen molar-refractivity contribution in [1.82, 2.24) is 10.2 Å². The number of nitrogens with zero attached hydrogens (tertiary/aromatic N) is 2. The molecule has 4 heteroatoms. The molecule has 0 aliphatic carbocycles. The lowest BCUT2D eigenvalue weighted by molar-refractivity contribution is 0.484. The quantitative estimate of drug-likeness (QED) is 0.798. The summed E-state index contributed by atoms with van der Waals surface area (Å²) in [6.45, 7) is 4.11. The molecule has 3 aromatic rings.